The quantitative estimate of drug-likeness (QED) is 0.292. The summed E-state index contributed by atoms with van der Waals surface area (Å²) in [6.07, 6.45) is 0. The van der Waals surface area contributed by atoms with E-state index < -0.39 is 5.97 Å². The Morgan fingerprint density at radius 3 is 2.23 bits per heavy atom. The number of esters is 1. The van der Waals surface area contributed by atoms with Crippen molar-refractivity contribution >= 4 is 74.8 Å². The Bertz CT molecular complexity index is 1130. The maximum Gasteiger partial charge on any atom is 0.339 e. The normalized spacial score (nSPS) is 12.4. The van der Waals surface area contributed by atoms with Crippen LogP contribution in [0.4, 0.5) is 0 Å². The minimum atomic E-state index is -0.408. The highest BCUT2D eigenvalue weighted by molar-refractivity contribution is 7.21. The molecule has 0 fully saturated rings. The van der Waals surface area contributed by atoms with Gasteiger partial charge in [-0.3, -0.25) is 9.98 Å². The SMILES string of the molecule is CCOC(=O)c1cc2oc(C(N)=NC(C)C)cc2c2cc(C(N)=NC(C)C)sc12.Cl.Cl. The number of nitrogens with two attached hydrogens (primary N) is 2. The average Bonchev–Trinajstić information content (AvgIpc) is 3.24. The van der Waals surface area contributed by atoms with E-state index >= 15 is 0 Å². The van der Waals surface area contributed by atoms with Crippen LogP contribution in [0.15, 0.2) is 32.6 Å². The Morgan fingerprint density at radius 2 is 1.65 bits per heavy atom. The monoisotopic (exact) mass is 486 g/mol. The number of carbonyl (C=O) groups excluding carboxylic acids is 1. The standard InChI is InChI=1S/C21H26N4O3S.2ClH/c1-6-27-21(26)14-8-15-12(7-16(28-15)19(22)24-10(2)3)13-9-17(29-18(13)14)20(23)25-11(4)5;;/h7-11H,6H2,1-5H3,(H2,22,24)(H2,23,25);2*1H. The van der Waals surface area contributed by atoms with E-state index in [4.69, 9.17) is 20.6 Å². The summed E-state index contributed by atoms with van der Waals surface area (Å²) in [7, 11) is 0. The smallest absolute Gasteiger partial charge is 0.339 e. The first-order valence-electron chi connectivity index (χ1n) is 9.55. The van der Waals surface area contributed by atoms with Crippen molar-refractivity contribution in [3.63, 3.8) is 0 Å². The molecule has 0 radical (unpaired) electrons. The van der Waals surface area contributed by atoms with Gasteiger partial charge in [-0.25, -0.2) is 4.79 Å². The van der Waals surface area contributed by atoms with Crippen LogP contribution in [0.5, 0.6) is 0 Å². The largest absolute Gasteiger partial charge is 0.462 e. The van der Waals surface area contributed by atoms with Crippen molar-refractivity contribution in [3.8, 4) is 0 Å². The molecule has 0 aliphatic heterocycles. The Kier molecular flexibility index (Phi) is 9.35. The lowest BCUT2D eigenvalue weighted by Crippen LogP contribution is -2.14. The van der Waals surface area contributed by atoms with Gasteiger partial charge in [0, 0.05) is 22.9 Å². The molecule has 1 aromatic carbocycles. The third kappa shape index (κ3) is 5.70. The number of fused-ring (bicyclic) bond motifs is 3. The number of hydrogen-bond acceptors (Lipinski definition) is 6. The van der Waals surface area contributed by atoms with Crippen LogP contribution in [-0.2, 0) is 4.74 Å². The molecule has 170 valence electrons. The summed E-state index contributed by atoms with van der Waals surface area (Å²) in [6, 6.07) is 5.58. The van der Waals surface area contributed by atoms with Crippen molar-refractivity contribution in [1.82, 2.24) is 0 Å². The predicted octanol–water partition coefficient (Wildman–Crippen LogP) is 4.90. The number of nitrogens with zero attached hydrogens (tertiary/aromatic N) is 2. The third-order valence-electron chi connectivity index (χ3n) is 4.10. The summed E-state index contributed by atoms with van der Waals surface area (Å²) in [5.41, 5.74) is 13.2. The molecule has 2 heterocycles. The molecule has 0 aliphatic rings. The lowest BCUT2D eigenvalue weighted by Gasteiger charge is -2.03. The lowest BCUT2D eigenvalue weighted by molar-refractivity contribution is 0.0529. The van der Waals surface area contributed by atoms with Gasteiger partial charge in [0.25, 0.3) is 0 Å². The Balaban J connectivity index is 0.00000240. The van der Waals surface area contributed by atoms with Gasteiger partial charge in [0.05, 0.1) is 21.7 Å². The molecule has 0 saturated heterocycles. The molecule has 0 amide bonds. The van der Waals surface area contributed by atoms with Crippen LogP contribution in [0, 0.1) is 0 Å². The third-order valence-corrected chi connectivity index (χ3v) is 5.29. The van der Waals surface area contributed by atoms with Crippen LogP contribution < -0.4 is 11.5 Å². The molecule has 0 unspecified atom stereocenters. The molecule has 4 N–H and O–H groups in total. The van der Waals surface area contributed by atoms with Crippen LogP contribution in [0.2, 0.25) is 0 Å². The second kappa shape index (κ2) is 10.8. The van der Waals surface area contributed by atoms with Crippen LogP contribution in [0.1, 0.15) is 55.6 Å². The number of ether oxygens (including phenoxy) is 1. The molecule has 0 spiro atoms. The second-order valence-electron chi connectivity index (χ2n) is 7.24. The van der Waals surface area contributed by atoms with E-state index in [1.54, 1.807) is 13.0 Å². The van der Waals surface area contributed by atoms with Gasteiger partial charge in [0.15, 0.2) is 11.6 Å². The van der Waals surface area contributed by atoms with Gasteiger partial charge in [-0.05, 0) is 52.8 Å². The Labute approximate surface area is 197 Å². The van der Waals surface area contributed by atoms with E-state index in [1.807, 2.05) is 39.8 Å². The number of furan rings is 1. The summed E-state index contributed by atoms with van der Waals surface area (Å²) in [5.74, 6) is 0.814. The predicted molar refractivity (Wildman–Crippen MR) is 134 cm³/mol. The summed E-state index contributed by atoms with van der Waals surface area (Å²) in [5, 5.41) is 1.68. The van der Waals surface area contributed by atoms with Crippen molar-refractivity contribution in [2.45, 2.75) is 46.7 Å². The fourth-order valence-electron chi connectivity index (χ4n) is 3.01. The first-order chi connectivity index (χ1) is 13.7. The summed E-state index contributed by atoms with van der Waals surface area (Å²) in [4.78, 5) is 22.1. The first kappa shape index (κ1) is 26.7. The van der Waals surface area contributed by atoms with E-state index in [-0.39, 0.29) is 43.5 Å². The Morgan fingerprint density at radius 1 is 1.03 bits per heavy atom. The summed E-state index contributed by atoms with van der Waals surface area (Å²) in [6.45, 7) is 9.85. The van der Waals surface area contributed by atoms with Gasteiger partial charge in [0.2, 0.25) is 0 Å². The molecule has 0 aliphatic carbocycles. The molecular weight excluding hydrogens is 459 g/mol. The lowest BCUT2D eigenvalue weighted by atomic mass is 10.1. The maximum atomic E-state index is 12.6. The zero-order chi connectivity index (χ0) is 21.3. The van der Waals surface area contributed by atoms with Crippen molar-refractivity contribution in [3.05, 3.63) is 34.4 Å². The van der Waals surface area contributed by atoms with E-state index in [1.165, 1.54) is 11.3 Å². The summed E-state index contributed by atoms with van der Waals surface area (Å²) >= 11 is 1.41. The zero-order valence-electron chi connectivity index (χ0n) is 18.1. The van der Waals surface area contributed by atoms with Crippen molar-refractivity contribution in [1.29, 1.82) is 0 Å². The molecule has 0 saturated carbocycles. The number of hydrogen-bond donors (Lipinski definition) is 2. The molecule has 0 bridgehead atoms. The highest BCUT2D eigenvalue weighted by Gasteiger charge is 2.21. The van der Waals surface area contributed by atoms with Crippen LogP contribution in [0.25, 0.3) is 21.1 Å². The minimum absolute atomic E-state index is 0. The number of amidine groups is 2. The topological polar surface area (TPSA) is 116 Å². The summed E-state index contributed by atoms with van der Waals surface area (Å²) < 4.78 is 11.9. The van der Waals surface area contributed by atoms with Gasteiger partial charge in [-0.2, -0.15) is 0 Å². The van der Waals surface area contributed by atoms with Crippen LogP contribution >= 0.6 is 36.2 Å². The molecule has 10 heteroatoms. The first-order valence-corrected chi connectivity index (χ1v) is 10.4. The molecule has 31 heavy (non-hydrogen) atoms. The number of aliphatic imine (C=N–C) groups is 2. The van der Waals surface area contributed by atoms with Crippen LogP contribution in [0.3, 0.4) is 0 Å². The van der Waals surface area contributed by atoms with Gasteiger partial charge >= 0.3 is 5.97 Å². The highest BCUT2D eigenvalue weighted by atomic mass is 35.5. The fraction of sp³-hybridized carbons (Fsp3) is 0.381. The zero-order valence-corrected chi connectivity index (χ0v) is 20.5. The highest BCUT2D eigenvalue weighted by Crippen LogP contribution is 2.37. The number of rotatable bonds is 6. The molecular formula is C21H28Cl2N4O3S. The van der Waals surface area contributed by atoms with Gasteiger partial charge < -0.3 is 20.6 Å². The maximum absolute atomic E-state index is 12.6. The second-order valence-corrected chi connectivity index (χ2v) is 8.29. The minimum Gasteiger partial charge on any atom is -0.462 e. The molecule has 3 aromatic rings. The average molecular weight is 487 g/mol. The van der Waals surface area contributed by atoms with Crippen molar-refractivity contribution < 1.29 is 13.9 Å². The van der Waals surface area contributed by atoms with Gasteiger partial charge in [0.1, 0.15) is 11.4 Å². The van der Waals surface area contributed by atoms with Crippen molar-refractivity contribution in [2.24, 2.45) is 21.5 Å². The number of thiophene rings is 1. The number of halogens is 2. The molecule has 2 aromatic heterocycles. The fourth-order valence-corrected chi connectivity index (χ4v) is 4.09. The van der Waals surface area contributed by atoms with E-state index in [2.05, 4.69) is 9.98 Å². The van der Waals surface area contributed by atoms with E-state index in [0.29, 0.717) is 28.6 Å². The molecule has 3 rings (SSSR count). The number of benzene rings is 1. The number of carbonyl (C=O) groups is 1. The van der Waals surface area contributed by atoms with E-state index in [9.17, 15) is 4.79 Å². The molecule has 0 atom stereocenters. The van der Waals surface area contributed by atoms with Gasteiger partial charge in [-0.15, -0.1) is 36.2 Å². The van der Waals surface area contributed by atoms with Crippen LogP contribution in [-0.4, -0.2) is 36.3 Å². The molecule has 7 nitrogen and oxygen atoms in total. The Hall–Kier alpha value is -2.29. The van der Waals surface area contributed by atoms with Crippen molar-refractivity contribution in [2.75, 3.05) is 6.61 Å². The van der Waals surface area contributed by atoms with Gasteiger partial charge in [-0.1, -0.05) is 0 Å². The van der Waals surface area contributed by atoms with E-state index in [0.717, 1.165) is 20.3 Å².